The predicted octanol–water partition coefficient (Wildman–Crippen LogP) is 2.79. The van der Waals surface area contributed by atoms with Gasteiger partial charge >= 0.3 is 0 Å². The van der Waals surface area contributed by atoms with Crippen LogP contribution in [0.1, 0.15) is 53.6 Å². The molecule has 0 bridgehead atoms. The Morgan fingerprint density at radius 2 is 2.08 bits per heavy atom. The fraction of sp³-hybridized carbons (Fsp3) is 0.526. The molecule has 1 saturated heterocycles. The Hall–Kier alpha value is -2.37. The molecule has 2 aliphatic rings. The maximum absolute atomic E-state index is 12.7. The van der Waals surface area contributed by atoms with Crippen LogP contribution in [0.25, 0.3) is 0 Å². The Labute approximate surface area is 147 Å². The van der Waals surface area contributed by atoms with Crippen LogP contribution in [0.15, 0.2) is 24.3 Å². The number of nitrogens with one attached hydrogen (secondary N) is 1. The van der Waals surface area contributed by atoms with Gasteiger partial charge < -0.3 is 9.64 Å². The topological polar surface area (TPSA) is 71.1 Å². The van der Waals surface area contributed by atoms with Gasteiger partial charge in [-0.15, -0.1) is 0 Å². The largest absolute Gasteiger partial charge is 0.497 e. The molecule has 0 spiro atoms. The van der Waals surface area contributed by atoms with Crippen LogP contribution >= 0.6 is 0 Å². The zero-order valence-corrected chi connectivity index (χ0v) is 14.6. The van der Waals surface area contributed by atoms with E-state index in [1.165, 1.54) is 12.8 Å². The molecule has 1 saturated carbocycles. The third-order valence-electron chi connectivity index (χ3n) is 5.19. The number of amides is 1. The molecule has 6 nitrogen and oxygen atoms in total. The number of nitrogens with zero attached hydrogens (tertiary/aromatic N) is 3. The second-order valence-corrected chi connectivity index (χ2v) is 7.09. The molecule has 1 aromatic heterocycles. The minimum Gasteiger partial charge on any atom is -0.497 e. The van der Waals surface area contributed by atoms with E-state index in [4.69, 9.17) is 4.74 Å². The number of methoxy groups -OCH3 is 1. The highest BCUT2D eigenvalue weighted by atomic mass is 16.5. The van der Waals surface area contributed by atoms with Gasteiger partial charge in [-0.25, -0.2) is 4.98 Å². The van der Waals surface area contributed by atoms with Crippen molar-refractivity contribution in [3.63, 3.8) is 0 Å². The third-order valence-corrected chi connectivity index (χ3v) is 5.19. The minimum atomic E-state index is 0.0908. The van der Waals surface area contributed by atoms with E-state index < -0.39 is 0 Å². The van der Waals surface area contributed by atoms with E-state index in [0.29, 0.717) is 17.4 Å². The van der Waals surface area contributed by atoms with Crippen molar-refractivity contribution in [2.75, 3.05) is 20.2 Å². The number of hydrogen-bond acceptors (Lipinski definition) is 4. The summed E-state index contributed by atoms with van der Waals surface area (Å²) in [5.74, 6) is 3.95. The SMILES string of the molecule is COc1cccc(C(=O)N2CCC(Cc3nc(C4CC4)n[nH]3)CC2)c1. The fourth-order valence-corrected chi connectivity index (χ4v) is 3.48. The van der Waals surface area contributed by atoms with Gasteiger partial charge in [-0.05, 0) is 49.8 Å². The summed E-state index contributed by atoms with van der Waals surface area (Å²) in [6.45, 7) is 1.59. The lowest BCUT2D eigenvalue weighted by Crippen LogP contribution is -2.39. The number of carbonyl (C=O) groups excluding carboxylic acids is 1. The molecular weight excluding hydrogens is 316 g/mol. The van der Waals surface area contributed by atoms with E-state index in [2.05, 4.69) is 15.2 Å². The number of piperidine rings is 1. The van der Waals surface area contributed by atoms with Crippen LogP contribution in [0.4, 0.5) is 0 Å². The van der Waals surface area contributed by atoms with Gasteiger partial charge in [0.1, 0.15) is 11.6 Å². The molecule has 132 valence electrons. The molecule has 0 radical (unpaired) electrons. The van der Waals surface area contributed by atoms with Gasteiger partial charge in [-0.1, -0.05) is 6.07 Å². The maximum Gasteiger partial charge on any atom is 0.253 e. The molecule has 1 aliphatic carbocycles. The van der Waals surface area contributed by atoms with Crippen molar-refractivity contribution in [1.29, 1.82) is 0 Å². The first kappa shape index (κ1) is 16.1. The Bertz CT molecular complexity index is 745. The molecule has 25 heavy (non-hydrogen) atoms. The zero-order chi connectivity index (χ0) is 17.2. The molecule has 0 unspecified atom stereocenters. The number of aromatic nitrogens is 3. The molecule has 1 N–H and O–H groups in total. The first-order valence-electron chi connectivity index (χ1n) is 9.07. The molecule has 6 heteroatoms. The fourth-order valence-electron chi connectivity index (χ4n) is 3.48. The van der Waals surface area contributed by atoms with Gasteiger partial charge in [-0.2, -0.15) is 5.10 Å². The maximum atomic E-state index is 12.7. The number of H-pyrrole nitrogens is 1. The van der Waals surface area contributed by atoms with Crippen molar-refractivity contribution in [3.8, 4) is 5.75 Å². The van der Waals surface area contributed by atoms with Gasteiger partial charge in [-0.3, -0.25) is 9.89 Å². The zero-order valence-electron chi connectivity index (χ0n) is 14.6. The number of aromatic amines is 1. The van der Waals surface area contributed by atoms with Gasteiger partial charge in [0.15, 0.2) is 5.82 Å². The minimum absolute atomic E-state index is 0.0908. The summed E-state index contributed by atoms with van der Waals surface area (Å²) >= 11 is 0. The number of rotatable bonds is 5. The van der Waals surface area contributed by atoms with Gasteiger partial charge in [0, 0.05) is 31.0 Å². The molecule has 2 aromatic rings. The Kier molecular flexibility index (Phi) is 4.42. The number of carbonyl (C=O) groups is 1. The summed E-state index contributed by atoms with van der Waals surface area (Å²) in [6.07, 6.45) is 5.40. The van der Waals surface area contributed by atoms with Crippen LogP contribution in [-0.2, 0) is 6.42 Å². The van der Waals surface area contributed by atoms with Crippen LogP contribution in [0.2, 0.25) is 0 Å². The standard InChI is InChI=1S/C19H24N4O2/c1-25-16-4-2-3-15(12-16)19(24)23-9-7-13(8-10-23)11-17-20-18(22-21-17)14-5-6-14/h2-4,12-14H,5-11H2,1H3,(H,20,21,22). The predicted molar refractivity (Wildman–Crippen MR) is 93.7 cm³/mol. The number of likely N-dealkylation sites (tertiary alicyclic amines) is 1. The summed E-state index contributed by atoms with van der Waals surface area (Å²) in [5.41, 5.74) is 0.696. The normalized spacial score (nSPS) is 18.4. The first-order valence-corrected chi connectivity index (χ1v) is 9.07. The number of benzene rings is 1. The molecule has 0 atom stereocenters. The lowest BCUT2D eigenvalue weighted by atomic mass is 9.93. The van der Waals surface area contributed by atoms with Crippen LogP contribution in [0.3, 0.4) is 0 Å². The number of hydrogen-bond donors (Lipinski definition) is 1. The van der Waals surface area contributed by atoms with E-state index in [9.17, 15) is 4.79 Å². The average Bonchev–Trinajstić information content (AvgIpc) is 3.41. The van der Waals surface area contributed by atoms with Crippen LogP contribution in [0, 0.1) is 5.92 Å². The highest BCUT2D eigenvalue weighted by Crippen LogP contribution is 2.38. The first-order chi connectivity index (χ1) is 12.2. The van der Waals surface area contributed by atoms with E-state index in [-0.39, 0.29) is 5.91 Å². The lowest BCUT2D eigenvalue weighted by molar-refractivity contribution is 0.0689. The van der Waals surface area contributed by atoms with E-state index in [1.807, 2.05) is 29.2 Å². The molecule has 4 rings (SSSR count). The molecule has 1 aliphatic heterocycles. The van der Waals surface area contributed by atoms with Crippen molar-refractivity contribution < 1.29 is 9.53 Å². The Morgan fingerprint density at radius 3 is 2.80 bits per heavy atom. The Morgan fingerprint density at radius 1 is 1.28 bits per heavy atom. The van der Waals surface area contributed by atoms with Gasteiger partial charge in [0.2, 0.25) is 0 Å². The quantitative estimate of drug-likeness (QED) is 0.908. The van der Waals surface area contributed by atoms with Crippen LogP contribution in [-0.4, -0.2) is 46.2 Å². The highest BCUT2D eigenvalue weighted by molar-refractivity contribution is 5.94. The van der Waals surface area contributed by atoms with Crippen molar-refractivity contribution in [1.82, 2.24) is 20.1 Å². The third kappa shape index (κ3) is 3.67. The molecule has 2 heterocycles. The van der Waals surface area contributed by atoms with E-state index in [1.54, 1.807) is 7.11 Å². The highest BCUT2D eigenvalue weighted by Gasteiger charge is 2.29. The summed E-state index contributed by atoms with van der Waals surface area (Å²) in [5, 5.41) is 7.42. The van der Waals surface area contributed by atoms with Crippen molar-refractivity contribution >= 4 is 5.91 Å². The molecule has 2 fully saturated rings. The van der Waals surface area contributed by atoms with E-state index in [0.717, 1.165) is 49.8 Å². The van der Waals surface area contributed by atoms with Gasteiger partial charge in [0.05, 0.1) is 7.11 Å². The second-order valence-electron chi connectivity index (χ2n) is 7.09. The molecular formula is C19H24N4O2. The lowest BCUT2D eigenvalue weighted by Gasteiger charge is -2.31. The number of ether oxygens (including phenoxy) is 1. The second kappa shape index (κ2) is 6.86. The van der Waals surface area contributed by atoms with Crippen LogP contribution in [0.5, 0.6) is 5.75 Å². The molecule has 1 aromatic carbocycles. The monoisotopic (exact) mass is 340 g/mol. The smallest absolute Gasteiger partial charge is 0.253 e. The average molecular weight is 340 g/mol. The van der Waals surface area contributed by atoms with Crippen molar-refractivity contribution in [2.45, 2.75) is 38.0 Å². The summed E-state index contributed by atoms with van der Waals surface area (Å²) < 4.78 is 5.21. The Balaban J connectivity index is 1.31. The van der Waals surface area contributed by atoms with E-state index >= 15 is 0 Å². The van der Waals surface area contributed by atoms with Crippen LogP contribution < -0.4 is 4.74 Å². The van der Waals surface area contributed by atoms with Gasteiger partial charge in [0.25, 0.3) is 5.91 Å². The summed E-state index contributed by atoms with van der Waals surface area (Å²) in [7, 11) is 1.62. The molecule has 1 amide bonds. The van der Waals surface area contributed by atoms with Crippen molar-refractivity contribution in [3.05, 3.63) is 41.5 Å². The summed E-state index contributed by atoms with van der Waals surface area (Å²) in [6, 6.07) is 7.38. The van der Waals surface area contributed by atoms with Crippen molar-refractivity contribution in [2.24, 2.45) is 5.92 Å². The summed E-state index contributed by atoms with van der Waals surface area (Å²) in [4.78, 5) is 19.2.